The predicted octanol–water partition coefficient (Wildman–Crippen LogP) is 4.89. The first kappa shape index (κ1) is 14.9. The van der Waals surface area contributed by atoms with E-state index in [1.807, 2.05) is 37.3 Å². The zero-order chi connectivity index (χ0) is 15.2. The number of hydrogen-bond acceptors (Lipinski definition) is 2. The van der Waals surface area contributed by atoms with E-state index in [0.717, 1.165) is 20.2 Å². The minimum absolute atomic E-state index is 0.122. The van der Waals surface area contributed by atoms with Gasteiger partial charge in [-0.3, -0.25) is 4.79 Å². The first-order chi connectivity index (χ1) is 9.89. The molecule has 2 aromatic carbocycles. The molecule has 1 heterocycles. The lowest BCUT2D eigenvalue weighted by Gasteiger charge is -2.38. The van der Waals surface area contributed by atoms with Crippen LogP contribution in [0.5, 0.6) is 0 Å². The highest BCUT2D eigenvalue weighted by Crippen LogP contribution is 2.38. The van der Waals surface area contributed by atoms with Crippen LogP contribution in [0.25, 0.3) is 0 Å². The minimum atomic E-state index is -0.689. The smallest absolute Gasteiger partial charge is 0.255 e. The Kier molecular flexibility index (Phi) is 3.76. The molecule has 2 N–H and O–H groups in total. The van der Waals surface area contributed by atoms with Gasteiger partial charge < -0.3 is 10.6 Å². The molecule has 0 saturated carbocycles. The molecular weight excluding hydrogens is 419 g/mol. The van der Waals surface area contributed by atoms with E-state index < -0.39 is 5.66 Å². The number of carbonyl (C=O) groups is 1. The van der Waals surface area contributed by atoms with Crippen molar-refractivity contribution in [3.8, 4) is 0 Å². The Balaban J connectivity index is 2.09. The van der Waals surface area contributed by atoms with Gasteiger partial charge in [-0.15, -0.1) is 0 Å². The zero-order valence-electron chi connectivity index (χ0n) is 11.0. The molecule has 1 aliphatic heterocycles. The van der Waals surface area contributed by atoms with Gasteiger partial charge in [-0.1, -0.05) is 39.7 Å². The number of halogens is 3. The second kappa shape index (κ2) is 5.30. The standard InChI is InChI=1S/C15H11Br2ClN2O/c1-15(8-2-4-10(18)5-3-8)19-13-11(14(21)20-15)6-9(16)7-12(13)17/h2-7,19H,1H3,(H,20,21). The van der Waals surface area contributed by atoms with Gasteiger partial charge in [-0.2, -0.15) is 0 Å². The van der Waals surface area contributed by atoms with Crippen molar-refractivity contribution >= 4 is 55.1 Å². The monoisotopic (exact) mass is 428 g/mol. The van der Waals surface area contributed by atoms with Crippen LogP contribution in [0.15, 0.2) is 45.3 Å². The molecule has 0 aliphatic carbocycles. The van der Waals surface area contributed by atoms with E-state index in [2.05, 4.69) is 42.5 Å². The molecule has 108 valence electrons. The Hall–Kier alpha value is -1.04. The van der Waals surface area contributed by atoms with Crippen LogP contribution < -0.4 is 10.6 Å². The number of nitrogens with one attached hydrogen (secondary N) is 2. The van der Waals surface area contributed by atoms with E-state index in [1.165, 1.54) is 0 Å². The summed E-state index contributed by atoms with van der Waals surface area (Å²) in [5, 5.41) is 7.06. The third kappa shape index (κ3) is 2.70. The van der Waals surface area contributed by atoms with E-state index in [9.17, 15) is 4.79 Å². The van der Waals surface area contributed by atoms with Crippen molar-refractivity contribution in [3.05, 3.63) is 61.5 Å². The lowest BCUT2D eigenvalue weighted by molar-refractivity contribution is 0.0906. The van der Waals surface area contributed by atoms with Crippen LogP contribution >= 0.6 is 43.5 Å². The highest BCUT2D eigenvalue weighted by Gasteiger charge is 2.35. The second-order valence-corrected chi connectivity index (χ2v) is 7.23. The van der Waals surface area contributed by atoms with Gasteiger partial charge in [0, 0.05) is 14.0 Å². The van der Waals surface area contributed by atoms with Crippen LogP contribution in [0, 0.1) is 0 Å². The Morgan fingerprint density at radius 2 is 1.76 bits per heavy atom. The lowest BCUT2D eigenvalue weighted by atomic mass is 9.96. The van der Waals surface area contributed by atoms with Crippen molar-refractivity contribution in [2.75, 3.05) is 5.32 Å². The number of rotatable bonds is 1. The first-order valence-electron chi connectivity index (χ1n) is 6.25. The number of fused-ring (bicyclic) bond motifs is 1. The van der Waals surface area contributed by atoms with Crippen molar-refractivity contribution in [2.24, 2.45) is 0 Å². The maximum Gasteiger partial charge on any atom is 0.255 e. The molecule has 0 fully saturated rings. The zero-order valence-corrected chi connectivity index (χ0v) is 14.9. The van der Waals surface area contributed by atoms with Gasteiger partial charge in [0.25, 0.3) is 5.91 Å². The molecule has 1 unspecified atom stereocenters. The quantitative estimate of drug-likeness (QED) is 0.676. The molecule has 0 aromatic heterocycles. The first-order valence-corrected chi connectivity index (χ1v) is 8.21. The normalized spacial score (nSPS) is 20.5. The maximum atomic E-state index is 12.4. The predicted molar refractivity (Wildman–Crippen MR) is 91.7 cm³/mol. The largest absolute Gasteiger partial charge is 0.358 e. The van der Waals surface area contributed by atoms with Gasteiger partial charge in [0.15, 0.2) is 0 Å². The van der Waals surface area contributed by atoms with E-state index in [-0.39, 0.29) is 5.91 Å². The number of hydrogen-bond donors (Lipinski definition) is 2. The molecule has 21 heavy (non-hydrogen) atoms. The lowest BCUT2D eigenvalue weighted by Crippen LogP contribution is -2.53. The molecule has 1 amide bonds. The Labute approximate surface area is 144 Å². The van der Waals surface area contributed by atoms with Gasteiger partial charge in [0.1, 0.15) is 5.66 Å². The fourth-order valence-electron chi connectivity index (χ4n) is 2.38. The Morgan fingerprint density at radius 1 is 1.10 bits per heavy atom. The number of carbonyl (C=O) groups excluding carboxylic acids is 1. The third-order valence-corrected chi connectivity index (χ3v) is 4.79. The van der Waals surface area contributed by atoms with Gasteiger partial charge in [0.2, 0.25) is 0 Å². The van der Waals surface area contributed by atoms with Crippen LogP contribution in [0.4, 0.5) is 5.69 Å². The average Bonchev–Trinajstić information content (AvgIpc) is 2.41. The highest BCUT2D eigenvalue weighted by atomic mass is 79.9. The summed E-state index contributed by atoms with van der Waals surface area (Å²) in [6.07, 6.45) is 0. The molecule has 0 saturated heterocycles. The second-order valence-electron chi connectivity index (χ2n) is 5.02. The molecule has 3 rings (SSSR count). The van der Waals surface area contributed by atoms with Crippen molar-refractivity contribution in [3.63, 3.8) is 0 Å². The van der Waals surface area contributed by atoms with Gasteiger partial charge in [0.05, 0.1) is 11.3 Å². The molecule has 6 heteroatoms. The summed E-state index contributed by atoms with van der Waals surface area (Å²) < 4.78 is 1.68. The molecule has 1 aliphatic rings. The van der Waals surface area contributed by atoms with Gasteiger partial charge in [-0.25, -0.2) is 0 Å². The Bertz CT molecular complexity index is 733. The molecule has 0 bridgehead atoms. The summed E-state index contributed by atoms with van der Waals surface area (Å²) in [5.74, 6) is -0.122. The van der Waals surface area contributed by atoms with Crippen LogP contribution in [-0.2, 0) is 5.66 Å². The van der Waals surface area contributed by atoms with Crippen LogP contribution in [0.3, 0.4) is 0 Å². The number of anilines is 1. The average molecular weight is 431 g/mol. The molecule has 2 aromatic rings. The maximum absolute atomic E-state index is 12.4. The number of amides is 1. The van der Waals surface area contributed by atoms with Gasteiger partial charge in [-0.05, 0) is 52.7 Å². The molecule has 1 atom stereocenters. The van der Waals surface area contributed by atoms with E-state index in [4.69, 9.17) is 11.6 Å². The van der Waals surface area contributed by atoms with Crippen molar-refractivity contribution in [1.29, 1.82) is 0 Å². The van der Waals surface area contributed by atoms with Gasteiger partial charge >= 0.3 is 0 Å². The highest BCUT2D eigenvalue weighted by molar-refractivity contribution is 9.11. The van der Waals surface area contributed by atoms with Crippen LogP contribution in [0.2, 0.25) is 5.02 Å². The van der Waals surface area contributed by atoms with E-state index in [0.29, 0.717) is 10.6 Å². The fraction of sp³-hybridized carbons (Fsp3) is 0.133. The van der Waals surface area contributed by atoms with Crippen LogP contribution in [0.1, 0.15) is 22.8 Å². The molecule has 3 nitrogen and oxygen atoms in total. The molecule has 0 spiro atoms. The van der Waals surface area contributed by atoms with Crippen molar-refractivity contribution < 1.29 is 4.79 Å². The minimum Gasteiger partial charge on any atom is -0.358 e. The summed E-state index contributed by atoms with van der Waals surface area (Å²) in [5.41, 5.74) is 1.62. The Morgan fingerprint density at radius 3 is 2.43 bits per heavy atom. The number of benzene rings is 2. The molecule has 0 radical (unpaired) electrons. The summed E-state index contributed by atoms with van der Waals surface area (Å²) in [6.45, 7) is 1.92. The SMILES string of the molecule is CC1(c2ccc(Cl)cc2)NC(=O)c2cc(Br)cc(Br)c2N1. The van der Waals surface area contributed by atoms with E-state index in [1.54, 1.807) is 6.07 Å². The van der Waals surface area contributed by atoms with Crippen molar-refractivity contribution in [2.45, 2.75) is 12.6 Å². The van der Waals surface area contributed by atoms with E-state index >= 15 is 0 Å². The third-order valence-electron chi connectivity index (χ3n) is 3.46. The summed E-state index contributed by atoms with van der Waals surface area (Å²) >= 11 is 12.8. The van der Waals surface area contributed by atoms with Crippen LogP contribution in [-0.4, -0.2) is 5.91 Å². The summed E-state index contributed by atoms with van der Waals surface area (Å²) in [6, 6.07) is 11.1. The summed E-state index contributed by atoms with van der Waals surface area (Å²) in [4.78, 5) is 12.4. The fourth-order valence-corrected chi connectivity index (χ4v) is 3.83. The molecular formula is C15H11Br2ClN2O. The summed E-state index contributed by atoms with van der Waals surface area (Å²) in [7, 11) is 0. The van der Waals surface area contributed by atoms with Crippen molar-refractivity contribution in [1.82, 2.24) is 5.32 Å². The topological polar surface area (TPSA) is 41.1 Å².